The van der Waals surface area contributed by atoms with E-state index in [0.717, 1.165) is 22.4 Å². The van der Waals surface area contributed by atoms with E-state index in [1.807, 2.05) is 35.0 Å². The van der Waals surface area contributed by atoms with Gasteiger partial charge in [0, 0.05) is 27.8 Å². The largest absolute Gasteiger partial charge is 0.290 e. The predicted octanol–water partition coefficient (Wildman–Crippen LogP) is 5.17. The van der Waals surface area contributed by atoms with Gasteiger partial charge in [0.25, 0.3) is 0 Å². The van der Waals surface area contributed by atoms with Crippen molar-refractivity contribution in [2.75, 3.05) is 0 Å². The molecule has 0 aliphatic heterocycles. The van der Waals surface area contributed by atoms with E-state index in [4.69, 9.17) is 34.8 Å². The van der Waals surface area contributed by atoms with Crippen molar-refractivity contribution in [2.24, 2.45) is 0 Å². The van der Waals surface area contributed by atoms with E-state index in [-0.39, 0.29) is 0 Å². The van der Waals surface area contributed by atoms with E-state index in [2.05, 4.69) is 10.1 Å². The van der Waals surface area contributed by atoms with Crippen LogP contribution in [0.15, 0.2) is 55.1 Å². The van der Waals surface area contributed by atoms with Crippen LogP contribution in [0.3, 0.4) is 0 Å². The molecule has 0 aliphatic rings. The molecule has 0 atom stereocenters. The standard InChI is InChI=1S/C16H9Cl3N4/c17-10-2-4-15(13(19)7-10)23-16(22-6-5-20-9-22)12-3-1-11(18)8-14(12)21-23/h1-9H. The van der Waals surface area contributed by atoms with Crippen molar-refractivity contribution in [3.63, 3.8) is 0 Å². The molecule has 4 rings (SSSR count). The fraction of sp³-hybridized carbons (Fsp3) is 0. The number of halogens is 3. The Labute approximate surface area is 146 Å². The van der Waals surface area contributed by atoms with Crippen LogP contribution in [0.4, 0.5) is 0 Å². The van der Waals surface area contributed by atoms with Gasteiger partial charge in [-0.1, -0.05) is 34.8 Å². The molecule has 2 heterocycles. The number of hydrogen-bond donors (Lipinski definition) is 0. The van der Waals surface area contributed by atoms with E-state index in [0.29, 0.717) is 15.1 Å². The highest BCUT2D eigenvalue weighted by atomic mass is 35.5. The Hall–Kier alpha value is -2.01. The van der Waals surface area contributed by atoms with E-state index in [1.54, 1.807) is 29.3 Å². The Kier molecular flexibility index (Phi) is 3.53. The molecule has 0 fully saturated rings. The van der Waals surface area contributed by atoms with Crippen LogP contribution in [-0.2, 0) is 0 Å². The number of nitrogens with zero attached hydrogens (tertiary/aromatic N) is 4. The lowest BCUT2D eigenvalue weighted by Crippen LogP contribution is -2.04. The zero-order chi connectivity index (χ0) is 16.0. The number of fused-ring (bicyclic) bond motifs is 1. The first-order chi connectivity index (χ1) is 11.1. The van der Waals surface area contributed by atoms with Crippen LogP contribution in [0, 0.1) is 0 Å². The molecular weight excluding hydrogens is 355 g/mol. The highest BCUT2D eigenvalue weighted by Crippen LogP contribution is 2.31. The monoisotopic (exact) mass is 362 g/mol. The normalized spacial score (nSPS) is 11.3. The maximum atomic E-state index is 6.36. The first-order valence-electron chi connectivity index (χ1n) is 6.75. The van der Waals surface area contributed by atoms with E-state index in [9.17, 15) is 0 Å². The van der Waals surface area contributed by atoms with Crippen molar-refractivity contribution in [2.45, 2.75) is 0 Å². The third kappa shape index (κ3) is 2.49. The fourth-order valence-corrected chi connectivity index (χ4v) is 3.15. The Morgan fingerprint density at radius 1 is 0.913 bits per heavy atom. The van der Waals surface area contributed by atoms with Gasteiger partial charge in [0.05, 0.1) is 16.2 Å². The van der Waals surface area contributed by atoms with E-state index in [1.165, 1.54) is 0 Å². The lowest BCUT2D eigenvalue weighted by molar-refractivity contribution is 0.832. The van der Waals surface area contributed by atoms with Gasteiger partial charge in [0.1, 0.15) is 12.1 Å². The van der Waals surface area contributed by atoms with Crippen molar-refractivity contribution >= 4 is 45.7 Å². The summed E-state index contributed by atoms with van der Waals surface area (Å²) in [6.07, 6.45) is 5.28. The lowest BCUT2D eigenvalue weighted by atomic mass is 10.2. The molecule has 4 aromatic rings. The maximum absolute atomic E-state index is 6.36. The highest BCUT2D eigenvalue weighted by molar-refractivity contribution is 6.35. The second-order valence-electron chi connectivity index (χ2n) is 4.96. The Morgan fingerprint density at radius 3 is 2.43 bits per heavy atom. The fourth-order valence-electron chi connectivity index (χ4n) is 2.50. The SMILES string of the molecule is Clc1ccc(-n2nc3cc(Cl)ccc3c2-n2ccnc2)c(Cl)c1. The van der Waals surface area contributed by atoms with Crippen LogP contribution >= 0.6 is 34.8 Å². The quantitative estimate of drug-likeness (QED) is 0.492. The Bertz CT molecular complexity index is 1010. The van der Waals surface area contributed by atoms with E-state index >= 15 is 0 Å². The van der Waals surface area contributed by atoms with E-state index < -0.39 is 0 Å². The first-order valence-corrected chi connectivity index (χ1v) is 7.89. The first kappa shape index (κ1) is 14.6. The molecule has 2 aromatic heterocycles. The van der Waals surface area contributed by atoms with Crippen LogP contribution in [0.5, 0.6) is 0 Å². The number of rotatable bonds is 2. The van der Waals surface area contributed by atoms with Crippen molar-refractivity contribution in [1.29, 1.82) is 0 Å². The summed E-state index contributed by atoms with van der Waals surface area (Å²) in [5.41, 5.74) is 1.50. The van der Waals surface area contributed by atoms with Gasteiger partial charge in [0.15, 0.2) is 0 Å². The number of imidazole rings is 1. The molecule has 2 aromatic carbocycles. The molecule has 7 heteroatoms. The van der Waals surface area contributed by atoms with Gasteiger partial charge in [-0.05, 0) is 36.4 Å². The second kappa shape index (κ2) is 5.57. The van der Waals surface area contributed by atoms with Crippen LogP contribution in [-0.4, -0.2) is 19.3 Å². The number of aromatic nitrogens is 4. The Morgan fingerprint density at radius 2 is 1.70 bits per heavy atom. The zero-order valence-corrected chi connectivity index (χ0v) is 13.9. The minimum absolute atomic E-state index is 0.512. The van der Waals surface area contributed by atoms with Crippen LogP contribution in [0.25, 0.3) is 22.4 Å². The zero-order valence-electron chi connectivity index (χ0n) is 11.6. The summed E-state index contributed by atoms with van der Waals surface area (Å²) in [5.74, 6) is 0.832. The molecule has 0 bridgehead atoms. The highest BCUT2D eigenvalue weighted by Gasteiger charge is 2.16. The third-order valence-electron chi connectivity index (χ3n) is 3.50. The summed E-state index contributed by atoms with van der Waals surface area (Å²) in [6.45, 7) is 0. The summed E-state index contributed by atoms with van der Waals surface area (Å²) >= 11 is 18.4. The van der Waals surface area contributed by atoms with Gasteiger partial charge in [0.2, 0.25) is 0 Å². The van der Waals surface area contributed by atoms with Gasteiger partial charge in [-0.2, -0.15) is 5.10 Å². The summed E-state index contributed by atoms with van der Waals surface area (Å²) in [5, 5.41) is 7.30. The summed E-state index contributed by atoms with van der Waals surface area (Å²) in [7, 11) is 0. The molecule has 4 nitrogen and oxygen atoms in total. The molecule has 114 valence electrons. The van der Waals surface area contributed by atoms with Gasteiger partial charge in [-0.25, -0.2) is 9.67 Å². The average molecular weight is 364 g/mol. The smallest absolute Gasteiger partial charge is 0.149 e. The molecule has 0 amide bonds. The van der Waals surface area contributed by atoms with Crippen molar-refractivity contribution in [1.82, 2.24) is 19.3 Å². The second-order valence-corrected chi connectivity index (χ2v) is 6.24. The van der Waals surface area contributed by atoms with Crippen molar-refractivity contribution in [3.8, 4) is 11.5 Å². The van der Waals surface area contributed by atoms with Crippen molar-refractivity contribution in [3.05, 3.63) is 70.2 Å². The van der Waals surface area contributed by atoms with Gasteiger partial charge in [-0.15, -0.1) is 0 Å². The Balaban J connectivity index is 2.07. The number of hydrogen-bond acceptors (Lipinski definition) is 2. The summed E-state index contributed by atoms with van der Waals surface area (Å²) < 4.78 is 3.65. The van der Waals surface area contributed by atoms with Crippen LogP contribution < -0.4 is 0 Å². The van der Waals surface area contributed by atoms with Gasteiger partial charge < -0.3 is 0 Å². The number of benzene rings is 2. The van der Waals surface area contributed by atoms with Gasteiger partial charge in [-0.3, -0.25) is 4.57 Å². The third-order valence-corrected chi connectivity index (χ3v) is 4.27. The minimum Gasteiger partial charge on any atom is -0.290 e. The predicted molar refractivity (Wildman–Crippen MR) is 93.2 cm³/mol. The summed E-state index contributed by atoms with van der Waals surface area (Å²) in [4.78, 5) is 4.12. The molecular formula is C16H9Cl3N4. The van der Waals surface area contributed by atoms with Crippen molar-refractivity contribution < 1.29 is 0 Å². The minimum atomic E-state index is 0.512. The topological polar surface area (TPSA) is 35.6 Å². The summed E-state index contributed by atoms with van der Waals surface area (Å²) in [6, 6.07) is 10.9. The lowest BCUT2D eigenvalue weighted by Gasteiger charge is -2.10. The maximum Gasteiger partial charge on any atom is 0.149 e. The molecule has 0 spiro atoms. The van der Waals surface area contributed by atoms with Crippen LogP contribution in [0.2, 0.25) is 15.1 Å². The molecule has 0 saturated heterocycles. The molecule has 0 aliphatic carbocycles. The average Bonchev–Trinajstić information content (AvgIpc) is 3.13. The van der Waals surface area contributed by atoms with Gasteiger partial charge >= 0.3 is 0 Å². The molecule has 0 saturated carbocycles. The molecule has 23 heavy (non-hydrogen) atoms. The molecule has 0 radical (unpaired) electrons. The molecule has 0 unspecified atom stereocenters. The van der Waals surface area contributed by atoms with Crippen LogP contribution in [0.1, 0.15) is 0 Å². The molecule has 0 N–H and O–H groups in total.